The van der Waals surface area contributed by atoms with Gasteiger partial charge in [-0.2, -0.15) is 0 Å². The van der Waals surface area contributed by atoms with Gasteiger partial charge in [0.05, 0.1) is 18.4 Å². The zero-order valence-corrected chi connectivity index (χ0v) is 14.4. The Balaban J connectivity index is 1.93. The first-order chi connectivity index (χ1) is 11.6. The number of ether oxygens (including phenoxy) is 1. The molecule has 1 aliphatic heterocycles. The van der Waals surface area contributed by atoms with Crippen LogP contribution in [0.25, 0.3) is 0 Å². The second-order valence-electron chi connectivity index (χ2n) is 6.60. The van der Waals surface area contributed by atoms with Gasteiger partial charge in [0, 0.05) is 12.3 Å². The summed E-state index contributed by atoms with van der Waals surface area (Å²) in [4.78, 5) is 4.95. The molecule has 0 aliphatic carbocycles. The zero-order chi connectivity index (χ0) is 17.1. The molecule has 0 saturated carbocycles. The van der Waals surface area contributed by atoms with Crippen LogP contribution in [0.4, 0.5) is 0 Å². The predicted molar refractivity (Wildman–Crippen MR) is 95.5 cm³/mol. The molecular formula is C20H25N2O2+. The Morgan fingerprint density at radius 3 is 2.46 bits per heavy atom. The van der Waals surface area contributed by atoms with Crippen molar-refractivity contribution in [2.45, 2.75) is 32.5 Å². The monoisotopic (exact) mass is 325 g/mol. The van der Waals surface area contributed by atoms with Gasteiger partial charge in [0.15, 0.2) is 6.17 Å². The summed E-state index contributed by atoms with van der Waals surface area (Å²) < 4.78 is 5.24. The van der Waals surface area contributed by atoms with Crippen molar-refractivity contribution in [3.63, 3.8) is 0 Å². The van der Waals surface area contributed by atoms with E-state index in [9.17, 15) is 5.11 Å². The standard InChI is InChI=1S/C20H24N2O2/c1-13(2)20-21-17(14-8-10-15(24-3)11-9-14)12-18(22-20)16-6-4-5-7-19(16)23/h4-11,13,18,20,22-23H,12H2,1-3H3/p+1/t18-,20+/m1/s1. The van der Waals surface area contributed by atoms with Crippen molar-refractivity contribution in [1.29, 1.82) is 0 Å². The number of rotatable bonds is 4. The van der Waals surface area contributed by atoms with E-state index < -0.39 is 0 Å². The molecular weight excluding hydrogens is 300 g/mol. The van der Waals surface area contributed by atoms with Crippen molar-refractivity contribution < 1.29 is 15.2 Å². The molecule has 2 aromatic carbocycles. The fourth-order valence-electron chi connectivity index (χ4n) is 3.15. The number of aromatic hydroxyl groups is 1. The average molecular weight is 325 g/mol. The molecule has 4 heteroatoms. The lowest BCUT2D eigenvalue weighted by molar-refractivity contribution is -0.733. The van der Waals surface area contributed by atoms with E-state index in [-0.39, 0.29) is 12.2 Å². The summed E-state index contributed by atoms with van der Waals surface area (Å²) in [6.45, 7) is 4.37. The van der Waals surface area contributed by atoms with E-state index in [0.717, 1.165) is 29.0 Å². The lowest BCUT2D eigenvalue weighted by atomic mass is 9.93. The lowest BCUT2D eigenvalue weighted by Gasteiger charge is -2.29. The van der Waals surface area contributed by atoms with Gasteiger partial charge < -0.3 is 15.2 Å². The van der Waals surface area contributed by atoms with E-state index >= 15 is 0 Å². The predicted octanol–water partition coefficient (Wildman–Crippen LogP) is 2.88. The fourth-order valence-corrected chi connectivity index (χ4v) is 3.15. The van der Waals surface area contributed by atoms with E-state index in [0.29, 0.717) is 11.7 Å². The summed E-state index contributed by atoms with van der Waals surface area (Å²) in [5.41, 5.74) is 3.19. The summed E-state index contributed by atoms with van der Waals surface area (Å²) in [7, 11) is 1.67. The van der Waals surface area contributed by atoms with Crippen molar-refractivity contribution in [3.05, 3.63) is 59.7 Å². The van der Waals surface area contributed by atoms with Crippen molar-refractivity contribution in [2.75, 3.05) is 7.11 Å². The van der Waals surface area contributed by atoms with Crippen molar-refractivity contribution in [2.24, 2.45) is 10.9 Å². The quantitative estimate of drug-likeness (QED) is 0.908. The van der Waals surface area contributed by atoms with Gasteiger partial charge in [0.1, 0.15) is 17.5 Å². The maximum Gasteiger partial charge on any atom is 0.182 e. The number of aliphatic imine (C=N–C) groups is 1. The molecule has 0 aromatic heterocycles. The van der Waals surface area contributed by atoms with E-state index in [1.54, 1.807) is 13.2 Å². The van der Waals surface area contributed by atoms with E-state index in [2.05, 4.69) is 31.3 Å². The summed E-state index contributed by atoms with van der Waals surface area (Å²) in [6, 6.07) is 15.8. The molecule has 126 valence electrons. The summed E-state index contributed by atoms with van der Waals surface area (Å²) in [6.07, 6.45) is 0.952. The molecule has 24 heavy (non-hydrogen) atoms. The number of phenols is 1. The minimum absolute atomic E-state index is 0.153. The van der Waals surface area contributed by atoms with Crippen LogP contribution in [-0.4, -0.2) is 24.1 Å². The summed E-state index contributed by atoms with van der Waals surface area (Å²) in [5, 5.41) is 12.5. The molecule has 1 aliphatic rings. The molecule has 0 saturated heterocycles. The molecule has 0 unspecified atom stereocenters. The van der Waals surface area contributed by atoms with Gasteiger partial charge in [0.25, 0.3) is 0 Å². The van der Waals surface area contributed by atoms with Gasteiger partial charge >= 0.3 is 0 Å². The van der Waals surface area contributed by atoms with Crippen LogP contribution in [0.15, 0.2) is 53.5 Å². The Morgan fingerprint density at radius 1 is 1.12 bits per heavy atom. The topological polar surface area (TPSA) is 58.4 Å². The van der Waals surface area contributed by atoms with Gasteiger partial charge in [-0.25, -0.2) is 4.99 Å². The first-order valence-corrected chi connectivity index (χ1v) is 8.42. The van der Waals surface area contributed by atoms with Crippen molar-refractivity contribution in [3.8, 4) is 11.5 Å². The Morgan fingerprint density at radius 2 is 1.83 bits per heavy atom. The smallest absolute Gasteiger partial charge is 0.182 e. The minimum atomic E-state index is 0.153. The van der Waals surface area contributed by atoms with Crippen LogP contribution in [0.2, 0.25) is 0 Å². The number of benzene rings is 2. The third-order valence-corrected chi connectivity index (χ3v) is 4.59. The van der Waals surface area contributed by atoms with Crippen LogP contribution >= 0.6 is 0 Å². The Bertz CT molecular complexity index is 723. The van der Waals surface area contributed by atoms with Crippen LogP contribution in [0.5, 0.6) is 11.5 Å². The second kappa shape index (κ2) is 7.05. The molecule has 0 spiro atoms. The molecule has 0 amide bonds. The molecule has 0 fully saturated rings. The highest BCUT2D eigenvalue weighted by Crippen LogP contribution is 2.28. The van der Waals surface area contributed by atoms with Crippen LogP contribution in [-0.2, 0) is 0 Å². The highest BCUT2D eigenvalue weighted by Gasteiger charge is 2.31. The molecule has 1 heterocycles. The van der Waals surface area contributed by atoms with Crippen molar-refractivity contribution in [1.82, 2.24) is 0 Å². The number of hydrogen-bond acceptors (Lipinski definition) is 3. The van der Waals surface area contributed by atoms with Crippen LogP contribution in [0.1, 0.15) is 37.4 Å². The van der Waals surface area contributed by atoms with Gasteiger partial charge in [0.2, 0.25) is 0 Å². The number of nitrogens with two attached hydrogens (primary N) is 1. The Labute approximate surface area is 143 Å². The SMILES string of the molecule is COc1ccc(C2=N[C@H](C(C)C)[NH2+][C@@H](c3ccccc3O)C2)cc1. The zero-order valence-electron chi connectivity index (χ0n) is 14.4. The fraction of sp³-hybridized carbons (Fsp3) is 0.350. The molecule has 3 N–H and O–H groups in total. The Hall–Kier alpha value is -2.33. The number of phenolic OH excluding ortho intramolecular Hbond substituents is 1. The Kier molecular flexibility index (Phi) is 4.86. The molecule has 2 atom stereocenters. The van der Waals surface area contributed by atoms with Crippen molar-refractivity contribution >= 4 is 5.71 Å². The van der Waals surface area contributed by atoms with Crippen LogP contribution < -0.4 is 10.1 Å². The largest absolute Gasteiger partial charge is 0.507 e. The number of quaternary nitrogens is 1. The number of para-hydroxylation sites is 1. The first kappa shape index (κ1) is 16.5. The summed E-state index contributed by atoms with van der Waals surface area (Å²) in [5.74, 6) is 1.63. The van der Waals surface area contributed by atoms with E-state index in [1.807, 2.05) is 30.3 Å². The highest BCUT2D eigenvalue weighted by molar-refractivity contribution is 6.01. The second-order valence-corrected chi connectivity index (χ2v) is 6.60. The normalized spacial score (nSPS) is 20.8. The summed E-state index contributed by atoms with van der Waals surface area (Å²) >= 11 is 0. The first-order valence-electron chi connectivity index (χ1n) is 8.42. The maximum atomic E-state index is 10.2. The third-order valence-electron chi connectivity index (χ3n) is 4.59. The van der Waals surface area contributed by atoms with E-state index in [1.165, 1.54) is 0 Å². The number of hydrogen-bond donors (Lipinski definition) is 2. The average Bonchev–Trinajstić information content (AvgIpc) is 2.61. The van der Waals surface area contributed by atoms with E-state index in [4.69, 9.17) is 9.73 Å². The molecule has 2 aromatic rings. The maximum absolute atomic E-state index is 10.2. The minimum Gasteiger partial charge on any atom is -0.507 e. The highest BCUT2D eigenvalue weighted by atomic mass is 16.5. The van der Waals surface area contributed by atoms with Gasteiger partial charge in [-0.05, 0) is 42.0 Å². The molecule has 0 bridgehead atoms. The molecule has 4 nitrogen and oxygen atoms in total. The van der Waals surface area contributed by atoms with Gasteiger partial charge in [-0.1, -0.05) is 26.0 Å². The van der Waals surface area contributed by atoms with Crippen LogP contribution in [0.3, 0.4) is 0 Å². The third kappa shape index (κ3) is 3.44. The number of methoxy groups -OCH3 is 1. The van der Waals surface area contributed by atoms with Crippen LogP contribution in [0, 0.1) is 5.92 Å². The lowest BCUT2D eigenvalue weighted by Crippen LogP contribution is -2.93. The van der Waals surface area contributed by atoms with Gasteiger partial charge in [-0.3, -0.25) is 0 Å². The number of nitrogens with zero attached hydrogens (tertiary/aromatic N) is 1. The molecule has 0 radical (unpaired) electrons. The molecule has 3 rings (SSSR count). The van der Waals surface area contributed by atoms with Gasteiger partial charge in [-0.15, -0.1) is 0 Å².